The Balaban J connectivity index is 1.70. The molecule has 1 heterocycles. The Hall–Kier alpha value is -3.39. The molecule has 4 N–H and O–H groups in total. The van der Waals surface area contributed by atoms with Crippen molar-refractivity contribution in [2.24, 2.45) is 0 Å². The number of hydrogen-bond donors (Lipinski definition) is 4. The quantitative estimate of drug-likeness (QED) is 0.342. The van der Waals surface area contributed by atoms with Gasteiger partial charge in [-0.3, -0.25) is 14.4 Å². The highest BCUT2D eigenvalue weighted by molar-refractivity contribution is 6.32. The van der Waals surface area contributed by atoms with Crippen LogP contribution >= 0.6 is 0 Å². The molecule has 0 unspecified atom stereocenters. The average Bonchev–Trinajstić information content (AvgIpc) is 2.92. The molecule has 3 aliphatic rings. The molecule has 226 valence electrons. The monoisotopic (exact) mass is 585 g/mol. The Kier molecular flexibility index (Phi) is 7.24. The van der Waals surface area contributed by atoms with Crippen LogP contribution in [0.4, 0.5) is 0 Å². The van der Waals surface area contributed by atoms with E-state index < -0.39 is 76.3 Å². The minimum Gasteiger partial charge on any atom is -0.507 e. The second kappa shape index (κ2) is 10.1. The molecule has 42 heavy (non-hydrogen) atoms. The third kappa shape index (κ3) is 4.08. The van der Waals surface area contributed by atoms with Crippen molar-refractivity contribution in [3.8, 4) is 17.2 Å². The van der Waals surface area contributed by atoms with E-state index in [-0.39, 0.29) is 40.0 Å². The van der Waals surface area contributed by atoms with E-state index in [1.54, 1.807) is 21.0 Å². The number of benzene rings is 2. The van der Waals surface area contributed by atoms with Gasteiger partial charge in [0.2, 0.25) is 5.78 Å². The molecule has 1 aliphatic heterocycles. The molecule has 7 atom stereocenters. The number of likely N-dealkylation sites (N-methyl/N-ethyl adjacent to an activating group) is 1. The van der Waals surface area contributed by atoms with Crippen molar-refractivity contribution in [1.82, 2.24) is 4.90 Å². The van der Waals surface area contributed by atoms with E-state index >= 15 is 0 Å². The largest absolute Gasteiger partial charge is 0.507 e. The van der Waals surface area contributed by atoms with Crippen molar-refractivity contribution in [3.63, 3.8) is 0 Å². The van der Waals surface area contributed by atoms with Crippen LogP contribution in [0.3, 0.4) is 0 Å². The molecular formula is C30H35NO11. The zero-order valence-corrected chi connectivity index (χ0v) is 24.4. The van der Waals surface area contributed by atoms with E-state index in [4.69, 9.17) is 18.9 Å². The lowest BCUT2D eigenvalue weighted by Crippen LogP contribution is -2.62. The minimum atomic E-state index is -2.17. The summed E-state index contributed by atoms with van der Waals surface area (Å²) in [6.07, 6.45) is -5.11. The molecule has 12 heteroatoms. The van der Waals surface area contributed by atoms with Crippen molar-refractivity contribution < 1.29 is 53.8 Å². The number of fused-ring (bicyclic) bond motifs is 3. The number of phenolic OH excluding ortho intramolecular Hbond substituents is 2. The number of phenols is 2. The van der Waals surface area contributed by atoms with E-state index in [1.807, 2.05) is 11.8 Å². The van der Waals surface area contributed by atoms with Crippen molar-refractivity contribution in [1.29, 1.82) is 0 Å². The number of aromatic hydroxyl groups is 2. The zero-order chi connectivity index (χ0) is 31.0. The number of aliphatic hydroxyl groups excluding tert-OH is 1. The Bertz CT molecular complexity index is 1500. The number of hydrogen-bond acceptors (Lipinski definition) is 12. The van der Waals surface area contributed by atoms with Gasteiger partial charge in [0.25, 0.3) is 0 Å². The molecule has 2 aromatic carbocycles. The summed E-state index contributed by atoms with van der Waals surface area (Å²) in [5.74, 6) is -3.66. The summed E-state index contributed by atoms with van der Waals surface area (Å²) in [6, 6.07) is 3.68. The van der Waals surface area contributed by atoms with Crippen LogP contribution < -0.4 is 4.74 Å². The highest BCUT2D eigenvalue weighted by atomic mass is 16.7. The third-order valence-corrected chi connectivity index (χ3v) is 9.05. The lowest BCUT2D eigenvalue weighted by Gasteiger charge is -2.50. The van der Waals surface area contributed by atoms with Gasteiger partial charge in [0.05, 0.1) is 41.5 Å². The molecular weight excluding hydrogens is 550 g/mol. The Morgan fingerprint density at radius 2 is 1.67 bits per heavy atom. The first-order valence-corrected chi connectivity index (χ1v) is 13.5. The summed E-state index contributed by atoms with van der Waals surface area (Å²) in [5.41, 5.74) is -4.66. The lowest BCUT2D eigenvalue weighted by atomic mass is 9.72. The van der Waals surface area contributed by atoms with Crippen molar-refractivity contribution in [2.75, 3.05) is 28.3 Å². The van der Waals surface area contributed by atoms with Gasteiger partial charge in [-0.15, -0.1) is 0 Å². The Labute approximate surface area is 242 Å². The normalized spacial score (nSPS) is 32.4. The summed E-state index contributed by atoms with van der Waals surface area (Å²) >= 11 is 0. The maximum Gasteiger partial charge on any atom is 0.202 e. The van der Waals surface area contributed by atoms with Crippen LogP contribution in [0.15, 0.2) is 18.2 Å². The molecule has 0 aromatic heterocycles. The highest BCUT2D eigenvalue weighted by Crippen LogP contribution is 2.50. The first-order valence-electron chi connectivity index (χ1n) is 13.5. The molecule has 12 nitrogen and oxygen atoms in total. The van der Waals surface area contributed by atoms with E-state index in [0.717, 1.165) is 6.07 Å². The maximum absolute atomic E-state index is 13.8. The van der Waals surface area contributed by atoms with E-state index in [9.17, 15) is 34.8 Å². The molecule has 5 rings (SSSR count). The van der Waals surface area contributed by atoms with E-state index in [1.165, 1.54) is 33.3 Å². The standard InChI is InChI=1S/C30H35NO11/c1-12-26(36)29(2,31(4)5)11-17(41-12)42-25-19-14(27(37)30(3,38)28(25)40-7)10-13-18(23(19)34)24(35)20-15(32)8-9-16(39-6)21(20)22(13)33/h8-10,12,17,25-26,28,32,34,36,38H,11H2,1-7H3/t12-,17+,25+,26-,28+,29+,30-/m0/s1. The van der Waals surface area contributed by atoms with Crippen molar-refractivity contribution in [3.05, 3.63) is 51.6 Å². The molecule has 2 aromatic rings. The van der Waals surface area contributed by atoms with Crippen LogP contribution in [0, 0.1) is 0 Å². The van der Waals surface area contributed by atoms with Gasteiger partial charge >= 0.3 is 0 Å². The molecule has 0 saturated carbocycles. The second-order valence-electron chi connectivity index (χ2n) is 11.7. The summed E-state index contributed by atoms with van der Waals surface area (Å²) in [7, 11) is 6.17. The first-order chi connectivity index (χ1) is 19.6. The third-order valence-electron chi connectivity index (χ3n) is 9.05. The fourth-order valence-corrected chi connectivity index (χ4v) is 6.38. The number of nitrogens with zero attached hydrogens (tertiary/aromatic N) is 1. The Morgan fingerprint density at radius 1 is 1.00 bits per heavy atom. The van der Waals surface area contributed by atoms with Crippen LogP contribution in [0.5, 0.6) is 17.2 Å². The van der Waals surface area contributed by atoms with E-state index in [2.05, 4.69) is 0 Å². The van der Waals surface area contributed by atoms with Gasteiger partial charge < -0.3 is 44.3 Å². The van der Waals surface area contributed by atoms with Gasteiger partial charge in [-0.05, 0) is 53.1 Å². The number of aliphatic hydroxyl groups is 2. The molecule has 0 spiro atoms. The number of ketones is 3. The molecule has 1 saturated heterocycles. The van der Waals surface area contributed by atoms with Gasteiger partial charge in [-0.25, -0.2) is 0 Å². The molecule has 0 bridgehead atoms. The number of ether oxygens (including phenoxy) is 4. The molecule has 1 fully saturated rings. The van der Waals surface area contributed by atoms with Crippen LogP contribution in [0.2, 0.25) is 0 Å². The van der Waals surface area contributed by atoms with Gasteiger partial charge in [-0.1, -0.05) is 0 Å². The summed E-state index contributed by atoms with van der Waals surface area (Å²) in [5, 5.41) is 44.4. The van der Waals surface area contributed by atoms with Gasteiger partial charge in [0.1, 0.15) is 29.5 Å². The zero-order valence-electron chi connectivity index (χ0n) is 24.4. The molecule has 2 aliphatic carbocycles. The number of carbonyl (C=O) groups excluding carboxylic acids is 3. The topological polar surface area (TPSA) is 172 Å². The average molecular weight is 586 g/mol. The minimum absolute atomic E-state index is 0.0256. The lowest BCUT2D eigenvalue weighted by molar-refractivity contribution is -0.285. The van der Waals surface area contributed by atoms with E-state index in [0.29, 0.717) is 0 Å². The van der Waals surface area contributed by atoms with Crippen LogP contribution in [-0.4, -0.2) is 107 Å². The van der Waals surface area contributed by atoms with Crippen LogP contribution in [-0.2, 0) is 14.2 Å². The van der Waals surface area contributed by atoms with Gasteiger partial charge in [0, 0.05) is 30.2 Å². The van der Waals surface area contributed by atoms with Crippen molar-refractivity contribution in [2.45, 2.75) is 69.0 Å². The van der Waals surface area contributed by atoms with Crippen molar-refractivity contribution >= 4 is 17.3 Å². The second-order valence-corrected chi connectivity index (χ2v) is 11.7. The summed E-state index contributed by atoms with van der Waals surface area (Å²) < 4.78 is 23.1. The predicted octanol–water partition coefficient (Wildman–Crippen LogP) is 1.72. The first kappa shape index (κ1) is 30.1. The fourth-order valence-electron chi connectivity index (χ4n) is 6.38. The van der Waals surface area contributed by atoms with Crippen LogP contribution in [0.1, 0.15) is 81.1 Å². The Morgan fingerprint density at radius 3 is 2.26 bits per heavy atom. The SMILES string of the molecule is COc1ccc(O)c2c1C(=O)c1cc3c(c(O)c1C2=O)[C@@H](O[C@@H]1C[C@@](C)(N(C)C)[C@@H](O)[C@H](C)O1)[C@@H](OC)[C@@](C)(O)C3=O. The number of Topliss-reactive ketones (excluding diaryl/α,β-unsaturated/α-hetero) is 1. The molecule has 0 amide bonds. The maximum atomic E-state index is 13.8. The predicted molar refractivity (Wildman–Crippen MR) is 146 cm³/mol. The number of rotatable bonds is 5. The summed E-state index contributed by atoms with van der Waals surface area (Å²) in [4.78, 5) is 42.9. The highest BCUT2D eigenvalue weighted by Gasteiger charge is 2.56. The smallest absolute Gasteiger partial charge is 0.202 e. The number of methoxy groups -OCH3 is 2. The fraction of sp³-hybridized carbons (Fsp3) is 0.500. The van der Waals surface area contributed by atoms with Gasteiger partial charge in [0.15, 0.2) is 23.5 Å². The summed E-state index contributed by atoms with van der Waals surface area (Å²) in [6.45, 7) is 4.76. The number of carbonyl (C=O) groups is 3. The van der Waals surface area contributed by atoms with Crippen LogP contribution in [0.25, 0.3) is 0 Å². The molecule has 0 radical (unpaired) electrons. The van der Waals surface area contributed by atoms with Gasteiger partial charge in [-0.2, -0.15) is 0 Å².